The molecular formula is C28H31F3N6O3S. The largest absolute Gasteiger partial charge is 0.416 e. The first-order valence-corrected chi connectivity index (χ1v) is 14.3. The summed E-state index contributed by atoms with van der Waals surface area (Å²) in [6.07, 6.45) is -0.178. The number of halogens is 3. The maximum absolute atomic E-state index is 13.6. The van der Waals surface area contributed by atoms with Crippen LogP contribution in [-0.2, 0) is 27.5 Å². The third kappa shape index (κ3) is 7.03. The first-order valence-electron chi connectivity index (χ1n) is 12.9. The van der Waals surface area contributed by atoms with Gasteiger partial charge in [-0.05, 0) is 47.5 Å². The topological polar surface area (TPSA) is 108 Å². The Morgan fingerprint density at radius 2 is 1.76 bits per heavy atom. The Kier molecular flexibility index (Phi) is 8.98. The minimum absolute atomic E-state index is 0.0408. The Morgan fingerprint density at radius 3 is 2.32 bits per heavy atom. The van der Waals surface area contributed by atoms with Gasteiger partial charge in [-0.3, -0.25) is 4.79 Å². The molecule has 1 atom stereocenters. The number of nitrogens with zero attached hydrogens (tertiary/aromatic N) is 4. The van der Waals surface area contributed by atoms with E-state index >= 15 is 0 Å². The first kappa shape index (κ1) is 30.0. The number of amides is 1. The van der Waals surface area contributed by atoms with E-state index in [1.54, 1.807) is 4.90 Å². The van der Waals surface area contributed by atoms with Gasteiger partial charge in [0.1, 0.15) is 17.7 Å². The molecule has 1 aromatic heterocycles. The van der Waals surface area contributed by atoms with Crippen molar-refractivity contribution in [3.63, 3.8) is 0 Å². The second-order valence-electron chi connectivity index (χ2n) is 9.82. The monoisotopic (exact) mass is 588 g/mol. The Bertz CT molecular complexity index is 1460. The van der Waals surface area contributed by atoms with Crippen molar-refractivity contribution in [3.05, 3.63) is 90.4 Å². The van der Waals surface area contributed by atoms with Gasteiger partial charge in [0.2, 0.25) is 15.9 Å². The molecule has 0 aliphatic carbocycles. The highest BCUT2D eigenvalue weighted by atomic mass is 32.2. The summed E-state index contributed by atoms with van der Waals surface area (Å²) in [5, 5.41) is 5.63. The second kappa shape index (κ2) is 12.3. The lowest BCUT2D eigenvalue weighted by molar-refractivity contribution is -0.137. The molecule has 0 unspecified atom stereocenters. The van der Waals surface area contributed by atoms with Crippen LogP contribution < -0.4 is 15.5 Å². The molecule has 2 heterocycles. The molecule has 1 amide bonds. The maximum Gasteiger partial charge on any atom is 0.416 e. The van der Waals surface area contributed by atoms with Gasteiger partial charge in [-0.15, -0.1) is 0 Å². The maximum atomic E-state index is 13.6. The van der Waals surface area contributed by atoms with Gasteiger partial charge < -0.3 is 15.5 Å². The molecule has 1 aliphatic rings. The van der Waals surface area contributed by atoms with Gasteiger partial charge in [-0.1, -0.05) is 44.7 Å². The van der Waals surface area contributed by atoms with Gasteiger partial charge in [0.25, 0.3) is 0 Å². The molecule has 3 aromatic rings. The molecule has 13 heteroatoms. The van der Waals surface area contributed by atoms with Crippen LogP contribution in [0.15, 0.2) is 78.6 Å². The first-order chi connectivity index (χ1) is 19.4. The number of anilines is 2. The zero-order chi connectivity index (χ0) is 29.8. The predicted molar refractivity (Wildman–Crippen MR) is 150 cm³/mol. The van der Waals surface area contributed by atoms with E-state index in [0.717, 1.165) is 27.6 Å². The number of hydrogen-bond acceptors (Lipinski definition) is 7. The number of carbonyl (C=O) groups is 1. The summed E-state index contributed by atoms with van der Waals surface area (Å²) in [5.74, 6) is 0.704. The summed E-state index contributed by atoms with van der Waals surface area (Å²) in [6, 6.07) is 9.81. The Labute approximate surface area is 237 Å². The van der Waals surface area contributed by atoms with Crippen LogP contribution in [0.4, 0.5) is 24.8 Å². The third-order valence-corrected chi connectivity index (χ3v) is 8.67. The summed E-state index contributed by atoms with van der Waals surface area (Å²) >= 11 is 0. The van der Waals surface area contributed by atoms with Gasteiger partial charge in [0.05, 0.1) is 22.9 Å². The van der Waals surface area contributed by atoms with E-state index in [4.69, 9.17) is 0 Å². The number of benzene rings is 2. The number of aromatic nitrogens is 2. The molecular weight excluding hydrogens is 557 g/mol. The average molecular weight is 589 g/mol. The van der Waals surface area contributed by atoms with Crippen LogP contribution in [0.1, 0.15) is 36.5 Å². The lowest BCUT2D eigenvalue weighted by Gasteiger charge is -2.40. The zero-order valence-electron chi connectivity index (χ0n) is 22.6. The van der Waals surface area contributed by atoms with Gasteiger partial charge in [-0.25, -0.2) is 18.4 Å². The predicted octanol–water partition coefficient (Wildman–Crippen LogP) is 4.37. The lowest BCUT2D eigenvalue weighted by Crippen LogP contribution is -2.60. The highest BCUT2D eigenvalue weighted by molar-refractivity contribution is 7.89. The molecule has 1 saturated heterocycles. The smallest absolute Gasteiger partial charge is 0.352 e. The molecule has 1 fully saturated rings. The van der Waals surface area contributed by atoms with Crippen molar-refractivity contribution >= 4 is 27.6 Å². The SMILES string of the molecule is C=CNc1cnc(N2CCN(S(=O)(=O)c3ccc(C(F)(F)F)cc3)[C@@H](C(=O)NCc3ccc(C(C)C)cc3)C2)cn1. The highest BCUT2D eigenvalue weighted by Gasteiger charge is 2.41. The second-order valence-corrected chi connectivity index (χ2v) is 11.7. The number of rotatable bonds is 9. The molecule has 1 aliphatic heterocycles. The van der Waals surface area contributed by atoms with E-state index in [1.807, 2.05) is 24.3 Å². The fraction of sp³-hybridized carbons (Fsp3) is 0.321. The van der Waals surface area contributed by atoms with Crippen molar-refractivity contribution in [3.8, 4) is 0 Å². The van der Waals surface area contributed by atoms with E-state index in [9.17, 15) is 26.4 Å². The molecule has 9 nitrogen and oxygen atoms in total. The average Bonchev–Trinajstić information content (AvgIpc) is 2.96. The number of carbonyl (C=O) groups excluding carboxylic acids is 1. The molecule has 0 spiro atoms. The molecule has 218 valence electrons. The summed E-state index contributed by atoms with van der Waals surface area (Å²) in [7, 11) is -4.31. The van der Waals surface area contributed by atoms with Crippen LogP contribution in [0.3, 0.4) is 0 Å². The van der Waals surface area contributed by atoms with Crippen molar-refractivity contribution in [1.82, 2.24) is 19.6 Å². The minimum Gasteiger partial charge on any atom is -0.352 e. The van der Waals surface area contributed by atoms with Gasteiger partial charge in [0.15, 0.2) is 0 Å². The summed E-state index contributed by atoms with van der Waals surface area (Å²) < 4.78 is 67.4. The van der Waals surface area contributed by atoms with Crippen LogP contribution >= 0.6 is 0 Å². The molecule has 2 N–H and O–H groups in total. The molecule has 41 heavy (non-hydrogen) atoms. The van der Waals surface area contributed by atoms with Crippen LogP contribution in [0.25, 0.3) is 0 Å². The standard InChI is InChI=1S/C28H31F3N6O3S/c1-4-32-25-16-34-26(17-33-25)36-13-14-37(41(39,40)23-11-9-22(10-12-23)28(29,30)31)24(18-36)27(38)35-15-20-5-7-21(8-6-20)19(2)3/h4-12,16-17,19,24H,1,13-15,18H2,2-3H3,(H,32,33)(H,35,38)/t24-/m1/s1. The fourth-order valence-corrected chi connectivity index (χ4v) is 5.99. The quantitative estimate of drug-likeness (QED) is 0.382. The molecule has 0 saturated carbocycles. The van der Waals surface area contributed by atoms with Crippen LogP contribution in [-0.4, -0.2) is 54.3 Å². The van der Waals surface area contributed by atoms with Crippen molar-refractivity contribution in [2.24, 2.45) is 0 Å². The number of hydrogen-bond donors (Lipinski definition) is 2. The van der Waals surface area contributed by atoms with Crippen LogP contribution in [0.5, 0.6) is 0 Å². The van der Waals surface area contributed by atoms with Crippen LogP contribution in [0.2, 0.25) is 0 Å². The highest BCUT2D eigenvalue weighted by Crippen LogP contribution is 2.31. The molecule has 0 bridgehead atoms. The number of alkyl halides is 3. The fourth-order valence-electron chi connectivity index (χ4n) is 4.42. The van der Waals surface area contributed by atoms with E-state index in [-0.39, 0.29) is 31.1 Å². The molecule has 0 radical (unpaired) electrons. The van der Waals surface area contributed by atoms with Gasteiger partial charge in [0, 0.05) is 26.2 Å². The van der Waals surface area contributed by atoms with Crippen molar-refractivity contribution < 1.29 is 26.4 Å². The Morgan fingerprint density at radius 1 is 1.07 bits per heavy atom. The van der Waals surface area contributed by atoms with Crippen molar-refractivity contribution in [2.75, 3.05) is 29.9 Å². The molecule has 4 rings (SSSR count). The summed E-state index contributed by atoms with van der Waals surface area (Å²) in [4.78, 5) is 23.5. The number of sulfonamides is 1. The van der Waals surface area contributed by atoms with E-state index in [2.05, 4.69) is 41.0 Å². The number of nitrogens with one attached hydrogen (secondary N) is 2. The summed E-state index contributed by atoms with van der Waals surface area (Å²) in [6.45, 7) is 7.93. The van der Waals surface area contributed by atoms with E-state index in [0.29, 0.717) is 29.7 Å². The van der Waals surface area contributed by atoms with E-state index < -0.39 is 33.7 Å². The minimum atomic E-state index is -4.61. The zero-order valence-corrected chi connectivity index (χ0v) is 23.4. The summed E-state index contributed by atoms with van der Waals surface area (Å²) in [5.41, 5.74) is 1.02. The Hall–Kier alpha value is -3.97. The van der Waals surface area contributed by atoms with Crippen LogP contribution in [0, 0.1) is 0 Å². The van der Waals surface area contributed by atoms with E-state index in [1.165, 1.54) is 18.6 Å². The van der Waals surface area contributed by atoms with Crippen molar-refractivity contribution in [2.45, 2.75) is 43.4 Å². The lowest BCUT2D eigenvalue weighted by atomic mass is 10.0. The van der Waals surface area contributed by atoms with Crippen molar-refractivity contribution in [1.29, 1.82) is 0 Å². The third-order valence-electron chi connectivity index (χ3n) is 6.75. The Balaban J connectivity index is 1.59. The van der Waals surface area contributed by atoms with Gasteiger partial charge in [-0.2, -0.15) is 17.5 Å². The number of piperazine rings is 1. The van der Waals surface area contributed by atoms with Gasteiger partial charge >= 0.3 is 6.18 Å². The normalized spacial score (nSPS) is 16.4. The molecule has 2 aromatic carbocycles.